The molecule has 0 fully saturated rings. The zero-order chi connectivity index (χ0) is 14.8. The average molecular weight is 307 g/mol. The van der Waals surface area contributed by atoms with Crippen molar-refractivity contribution in [1.29, 1.82) is 0 Å². The van der Waals surface area contributed by atoms with Crippen molar-refractivity contribution >= 4 is 28.2 Å². The maximum atomic E-state index is 14.4. The zero-order valence-electron chi connectivity index (χ0n) is 11.1. The standard InChI is InChI=1S/C13H14FN5OS/c14-10-8(3-4-15)17-12-9(10)11(18-13(20)19-12)16-6-7-2-1-5-21-7/h1-2,5H,3-4,6,15H2,(H3,16,17,18,19,20). The number of fused-ring (bicyclic) bond motifs is 1. The molecule has 110 valence electrons. The van der Waals surface area contributed by atoms with E-state index in [1.807, 2.05) is 17.5 Å². The molecule has 6 nitrogen and oxygen atoms in total. The summed E-state index contributed by atoms with van der Waals surface area (Å²) in [5.41, 5.74) is 5.62. The third-order valence-corrected chi connectivity index (χ3v) is 3.97. The Morgan fingerprint density at radius 1 is 1.43 bits per heavy atom. The molecule has 0 aliphatic rings. The fourth-order valence-corrected chi connectivity index (χ4v) is 2.81. The number of H-pyrrole nitrogens is 2. The van der Waals surface area contributed by atoms with E-state index in [0.717, 1.165) is 4.88 Å². The van der Waals surface area contributed by atoms with Crippen molar-refractivity contribution < 1.29 is 4.39 Å². The molecule has 3 aromatic heterocycles. The maximum Gasteiger partial charge on any atom is 0.348 e. The van der Waals surface area contributed by atoms with Crippen LogP contribution >= 0.6 is 11.3 Å². The fourth-order valence-electron chi connectivity index (χ4n) is 2.17. The normalized spacial score (nSPS) is 11.1. The molecule has 21 heavy (non-hydrogen) atoms. The van der Waals surface area contributed by atoms with E-state index in [9.17, 15) is 9.18 Å². The Balaban J connectivity index is 2.01. The number of rotatable bonds is 5. The van der Waals surface area contributed by atoms with E-state index in [-0.39, 0.29) is 11.2 Å². The van der Waals surface area contributed by atoms with Crippen molar-refractivity contribution in [2.45, 2.75) is 13.0 Å². The number of hydrogen-bond donors (Lipinski definition) is 4. The Labute approximate surface area is 123 Å². The van der Waals surface area contributed by atoms with Crippen LogP contribution in [0.4, 0.5) is 10.2 Å². The molecule has 0 aromatic carbocycles. The lowest BCUT2D eigenvalue weighted by Crippen LogP contribution is -2.14. The topological polar surface area (TPSA) is 99.6 Å². The number of halogens is 1. The van der Waals surface area contributed by atoms with Crippen molar-refractivity contribution in [1.82, 2.24) is 15.0 Å². The number of aromatic amines is 2. The van der Waals surface area contributed by atoms with E-state index in [0.29, 0.717) is 30.9 Å². The van der Waals surface area contributed by atoms with Crippen LogP contribution in [0.2, 0.25) is 0 Å². The van der Waals surface area contributed by atoms with Gasteiger partial charge < -0.3 is 16.0 Å². The maximum absolute atomic E-state index is 14.4. The van der Waals surface area contributed by atoms with Crippen LogP contribution in [0, 0.1) is 5.82 Å². The Bertz CT molecular complexity index is 808. The third kappa shape index (κ3) is 2.67. The van der Waals surface area contributed by atoms with Gasteiger partial charge in [0.15, 0.2) is 5.82 Å². The average Bonchev–Trinajstić information content (AvgIpc) is 3.06. The summed E-state index contributed by atoms with van der Waals surface area (Å²) in [6, 6.07) is 3.88. The van der Waals surface area contributed by atoms with Gasteiger partial charge in [0.05, 0.1) is 17.6 Å². The summed E-state index contributed by atoms with van der Waals surface area (Å²) in [5, 5.41) is 5.23. The number of nitrogens with zero attached hydrogens (tertiary/aromatic N) is 1. The summed E-state index contributed by atoms with van der Waals surface area (Å²) in [4.78, 5) is 21.8. The van der Waals surface area contributed by atoms with Crippen molar-refractivity contribution in [2.75, 3.05) is 11.9 Å². The van der Waals surface area contributed by atoms with Crippen LogP contribution in [0.3, 0.4) is 0 Å². The number of nitrogens with two attached hydrogens (primary N) is 1. The molecule has 5 N–H and O–H groups in total. The monoisotopic (exact) mass is 307 g/mol. The van der Waals surface area contributed by atoms with Gasteiger partial charge in [0.25, 0.3) is 0 Å². The van der Waals surface area contributed by atoms with E-state index in [4.69, 9.17) is 5.73 Å². The number of hydrogen-bond acceptors (Lipinski definition) is 5. The fraction of sp³-hybridized carbons (Fsp3) is 0.231. The number of nitrogens with one attached hydrogen (secondary N) is 3. The second kappa shape index (κ2) is 5.66. The molecular formula is C13H14FN5OS. The summed E-state index contributed by atoms with van der Waals surface area (Å²) < 4.78 is 14.4. The molecule has 3 rings (SSSR count). The summed E-state index contributed by atoms with van der Waals surface area (Å²) in [5.74, 6) is -0.188. The first-order chi connectivity index (χ1) is 10.2. The van der Waals surface area contributed by atoms with Gasteiger partial charge in [-0.3, -0.25) is 4.98 Å². The Hall–Kier alpha value is -2.19. The number of aromatic nitrogens is 3. The highest BCUT2D eigenvalue weighted by Crippen LogP contribution is 2.25. The lowest BCUT2D eigenvalue weighted by Gasteiger charge is -2.04. The van der Waals surface area contributed by atoms with E-state index in [2.05, 4.69) is 20.3 Å². The van der Waals surface area contributed by atoms with Gasteiger partial charge in [-0.25, -0.2) is 9.18 Å². The predicted molar refractivity (Wildman–Crippen MR) is 81.1 cm³/mol. The molecule has 3 aromatic rings. The molecule has 0 bridgehead atoms. The quantitative estimate of drug-likeness (QED) is 0.575. The third-order valence-electron chi connectivity index (χ3n) is 3.10. The number of anilines is 1. The molecule has 3 heterocycles. The van der Waals surface area contributed by atoms with E-state index in [1.54, 1.807) is 11.3 Å². The van der Waals surface area contributed by atoms with Gasteiger partial charge in [-0.15, -0.1) is 11.3 Å². The smallest absolute Gasteiger partial charge is 0.348 e. The Morgan fingerprint density at radius 2 is 2.29 bits per heavy atom. The predicted octanol–water partition coefficient (Wildman–Crippen LogP) is 1.57. The van der Waals surface area contributed by atoms with Gasteiger partial charge in [-0.1, -0.05) is 6.07 Å². The van der Waals surface area contributed by atoms with Crippen LogP contribution in [0.1, 0.15) is 10.6 Å². The van der Waals surface area contributed by atoms with Crippen LogP contribution in [-0.4, -0.2) is 21.5 Å². The first kappa shape index (κ1) is 13.8. The minimum Gasteiger partial charge on any atom is -0.364 e. The Morgan fingerprint density at radius 3 is 3.00 bits per heavy atom. The second-order valence-electron chi connectivity index (χ2n) is 4.53. The van der Waals surface area contributed by atoms with Crippen LogP contribution < -0.4 is 16.7 Å². The van der Waals surface area contributed by atoms with Gasteiger partial charge in [-0.05, 0) is 18.0 Å². The van der Waals surface area contributed by atoms with Crippen molar-refractivity contribution in [3.05, 3.63) is 44.4 Å². The van der Waals surface area contributed by atoms with Crippen molar-refractivity contribution in [3.8, 4) is 0 Å². The first-order valence-corrected chi connectivity index (χ1v) is 7.33. The molecule has 0 amide bonds. The summed E-state index contributed by atoms with van der Waals surface area (Å²) in [7, 11) is 0. The Kier molecular flexibility index (Phi) is 3.72. The highest BCUT2D eigenvalue weighted by Gasteiger charge is 2.16. The van der Waals surface area contributed by atoms with Gasteiger partial charge >= 0.3 is 5.69 Å². The largest absolute Gasteiger partial charge is 0.364 e. The van der Waals surface area contributed by atoms with Crippen molar-refractivity contribution in [2.24, 2.45) is 5.73 Å². The highest BCUT2D eigenvalue weighted by molar-refractivity contribution is 7.09. The minimum absolute atomic E-state index is 0.235. The molecule has 0 aliphatic heterocycles. The molecule has 0 saturated carbocycles. The van der Waals surface area contributed by atoms with Crippen LogP contribution in [0.5, 0.6) is 0 Å². The van der Waals surface area contributed by atoms with Crippen molar-refractivity contribution in [3.63, 3.8) is 0 Å². The SMILES string of the molecule is NCCc1[nH]c2[nH]c(=O)nc(NCc3cccs3)c2c1F. The molecular weight excluding hydrogens is 293 g/mol. The van der Waals surface area contributed by atoms with E-state index < -0.39 is 11.5 Å². The molecule has 0 spiro atoms. The van der Waals surface area contributed by atoms with E-state index in [1.165, 1.54) is 0 Å². The van der Waals surface area contributed by atoms with Gasteiger partial charge in [-0.2, -0.15) is 4.98 Å². The molecule has 0 saturated heterocycles. The van der Waals surface area contributed by atoms with Crippen LogP contribution in [0.25, 0.3) is 11.0 Å². The summed E-state index contributed by atoms with van der Waals surface area (Å²) in [6.07, 6.45) is 0.368. The summed E-state index contributed by atoms with van der Waals surface area (Å²) >= 11 is 1.57. The molecule has 8 heteroatoms. The van der Waals surface area contributed by atoms with Gasteiger partial charge in [0.2, 0.25) is 0 Å². The molecule has 0 unspecified atom stereocenters. The molecule has 0 aliphatic carbocycles. The lowest BCUT2D eigenvalue weighted by atomic mass is 10.2. The summed E-state index contributed by atoms with van der Waals surface area (Å²) in [6.45, 7) is 0.805. The zero-order valence-corrected chi connectivity index (χ0v) is 11.9. The second-order valence-corrected chi connectivity index (χ2v) is 5.56. The van der Waals surface area contributed by atoms with Gasteiger partial charge in [0.1, 0.15) is 11.5 Å². The van der Waals surface area contributed by atoms with E-state index >= 15 is 0 Å². The van der Waals surface area contributed by atoms with Crippen LogP contribution in [0.15, 0.2) is 22.3 Å². The van der Waals surface area contributed by atoms with Crippen LogP contribution in [-0.2, 0) is 13.0 Å². The highest BCUT2D eigenvalue weighted by atomic mass is 32.1. The number of thiophene rings is 1. The lowest BCUT2D eigenvalue weighted by molar-refractivity contribution is 0.618. The first-order valence-electron chi connectivity index (χ1n) is 6.45. The molecule has 0 radical (unpaired) electrons. The molecule has 0 atom stereocenters. The van der Waals surface area contributed by atoms with Gasteiger partial charge in [0, 0.05) is 11.3 Å². The minimum atomic E-state index is -0.531.